The molecule has 0 aliphatic rings. The number of rotatable bonds is 3. The lowest BCUT2D eigenvalue weighted by molar-refractivity contribution is -0.143. The van der Waals surface area contributed by atoms with Crippen molar-refractivity contribution in [1.29, 1.82) is 5.26 Å². The molecule has 144 valence electrons. The molecule has 0 bridgehead atoms. The van der Waals surface area contributed by atoms with E-state index in [1.807, 2.05) is 6.07 Å². The predicted molar refractivity (Wildman–Crippen MR) is 85.8 cm³/mol. The van der Waals surface area contributed by atoms with Gasteiger partial charge in [0.15, 0.2) is 5.69 Å². The Morgan fingerprint density at radius 2 is 1.50 bits per heavy atom. The monoisotopic (exact) mass is 396 g/mol. The summed E-state index contributed by atoms with van der Waals surface area (Å²) in [5.74, 6) is 0. The minimum atomic E-state index is -4.92. The summed E-state index contributed by atoms with van der Waals surface area (Å²) in [5, 5.41) is 18.9. The van der Waals surface area contributed by atoms with Crippen molar-refractivity contribution >= 4 is 0 Å². The number of halogens is 6. The fourth-order valence-electron chi connectivity index (χ4n) is 2.74. The van der Waals surface area contributed by atoms with E-state index in [1.54, 1.807) is 24.3 Å². The average Bonchev–Trinajstić information content (AvgIpc) is 3.09. The average molecular weight is 396 g/mol. The standard InChI is InChI=1S/C18H10F6N4/c19-17(20,21)12-6-10(7-13(8-12)18(22,23)24)5-11-3-1-2-4-14(11)16-15(9-25)26-28-27-16/h1-4,6-8H,5H2,(H,26,27,28). The van der Waals surface area contributed by atoms with Crippen LogP contribution in [-0.2, 0) is 18.8 Å². The molecule has 1 aromatic heterocycles. The van der Waals surface area contributed by atoms with Crippen molar-refractivity contribution in [3.05, 3.63) is 70.4 Å². The van der Waals surface area contributed by atoms with E-state index in [-0.39, 0.29) is 29.4 Å². The molecular formula is C18H10F6N4. The van der Waals surface area contributed by atoms with Crippen LogP contribution in [-0.4, -0.2) is 15.4 Å². The van der Waals surface area contributed by atoms with Gasteiger partial charge in [-0.2, -0.15) is 41.9 Å². The van der Waals surface area contributed by atoms with Crippen molar-refractivity contribution in [2.75, 3.05) is 0 Å². The van der Waals surface area contributed by atoms with Crippen molar-refractivity contribution in [3.8, 4) is 17.3 Å². The first kappa shape index (κ1) is 19.4. The van der Waals surface area contributed by atoms with Crippen LogP contribution in [0.15, 0.2) is 42.5 Å². The lowest BCUT2D eigenvalue weighted by atomic mass is 9.95. The zero-order valence-electron chi connectivity index (χ0n) is 13.9. The summed E-state index contributed by atoms with van der Waals surface area (Å²) in [6, 6.07) is 9.57. The van der Waals surface area contributed by atoms with Gasteiger partial charge in [0, 0.05) is 5.56 Å². The predicted octanol–water partition coefficient (Wildman–Crippen LogP) is 4.97. The molecule has 3 aromatic rings. The maximum absolute atomic E-state index is 13.1. The highest BCUT2D eigenvalue weighted by atomic mass is 19.4. The zero-order chi connectivity index (χ0) is 20.5. The fraction of sp³-hybridized carbons (Fsp3) is 0.167. The summed E-state index contributed by atoms with van der Waals surface area (Å²) in [4.78, 5) is 0. The van der Waals surface area contributed by atoms with Crippen LogP contribution in [0.1, 0.15) is 27.9 Å². The molecule has 0 amide bonds. The number of nitriles is 1. The van der Waals surface area contributed by atoms with E-state index in [2.05, 4.69) is 15.4 Å². The highest BCUT2D eigenvalue weighted by Gasteiger charge is 2.36. The summed E-state index contributed by atoms with van der Waals surface area (Å²) in [6.07, 6.45) is -10.1. The Bertz CT molecular complexity index is 1010. The minimum absolute atomic E-state index is 0.0347. The summed E-state index contributed by atoms with van der Waals surface area (Å²) in [5.41, 5.74) is -2.01. The van der Waals surface area contributed by atoms with Gasteiger partial charge in [0.05, 0.1) is 11.1 Å². The minimum Gasteiger partial charge on any atom is -0.196 e. The summed E-state index contributed by atoms with van der Waals surface area (Å²) in [7, 11) is 0. The number of aromatic nitrogens is 3. The second kappa shape index (κ2) is 6.99. The first-order valence-corrected chi connectivity index (χ1v) is 7.77. The largest absolute Gasteiger partial charge is 0.416 e. The number of H-pyrrole nitrogens is 1. The van der Waals surface area contributed by atoms with Gasteiger partial charge in [-0.25, -0.2) is 0 Å². The first-order valence-electron chi connectivity index (χ1n) is 7.77. The lowest BCUT2D eigenvalue weighted by Crippen LogP contribution is -2.12. The third-order valence-corrected chi connectivity index (χ3v) is 3.97. The van der Waals surface area contributed by atoms with Crippen LogP contribution in [0.4, 0.5) is 26.3 Å². The van der Waals surface area contributed by atoms with E-state index in [4.69, 9.17) is 5.26 Å². The highest BCUT2D eigenvalue weighted by Crippen LogP contribution is 2.37. The Morgan fingerprint density at radius 1 is 0.893 bits per heavy atom. The molecule has 3 rings (SSSR count). The van der Waals surface area contributed by atoms with Gasteiger partial charge in [0.2, 0.25) is 0 Å². The highest BCUT2D eigenvalue weighted by molar-refractivity contribution is 5.68. The van der Waals surface area contributed by atoms with Crippen molar-refractivity contribution in [2.24, 2.45) is 0 Å². The van der Waals surface area contributed by atoms with E-state index >= 15 is 0 Å². The molecule has 0 fully saturated rings. The van der Waals surface area contributed by atoms with Crippen LogP contribution < -0.4 is 0 Å². The second-order valence-electron chi connectivity index (χ2n) is 5.88. The molecule has 0 aliphatic carbocycles. The quantitative estimate of drug-likeness (QED) is 0.636. The molecular weight excluding hydrogens is 386 g/mol. The van der Waals surface area contributed by atoms with Crippen LogP contribution in [0, 0.1) is 11.3 Å². The number of alkyl halides is 6. The van der Waals surface area contributed by atoms with E-state index in [0.29, 0.717) is 23.3 Å². The van der Waals surface area contributed by atoms with Gasteiger partial charge in [-0.1, -0.05) is 24.3 Å². The van der Waals surface area contributed by atoms with Gasteiger partial charge in [-0.3, -0.25) is 0 Å². The topological polar surface area (TPSA) is 65.4 Å². The number of aromatic amines is 1. The first-order chi connectivity index (χ1) is 13.1. The molecule has 10 heteroatoms. The van der Waals surface area contributed by atoms with Gasteiger partial charge in [-0.05, 0) is 35.7 Å². The Morgan fingerprint density at radius 3 is 2.07 bits per heavy atom. The van der Waals surface area contributed by atoms with E-state index < -0.39 is 23.5 Å². The van der Waals surface area contributed by atoms with Crippen LogP contribution in [0.25, 0.3) is 11.3 Å². The number of hydrogen-bond acceptors (Lipinski definition) is 3. The normalized spacial score (nSPS) is 12.0. The van der Waals surface area contributed by atoms with Crippen LogP contribution in [0.5, 0.6) is 0 Å². The number of benzene rings is 2. The summed E-state index contributed by atoms with van der Waals surface area (Å²) < 4.78 is 78.3. The molecule has 28 heavy (non-hydrogen) atoms. The molecule has 0 saturated heterocycles. The van der Waals surface area contributed by atoms with Gasteiger partial charge in [-0.15, -0.1) is 5.10 Å². The second-order valence-corrected chi connectivity index (χ2v) is 5.88. The molecule has 0 aliphatic heterocycles. The molecule has 0 saturated carbocycles. The van der Waals surface area contributed by atoms with Crippen molar-refractivity contribution < 1.29 is 26.3 Å². The molecule has 0 radical (unpaired) electrons. The van der Waals surface area contributed by atoms with Gasteiger partial charge >= 0.3 is 12.4 Å². The molecule has 4 nitrogen and oxygen atoms in total. The van der Waals surface area contributed by atoms with Gasteiger partial charge in [0.25, 0.3) is 0 Å². The smallest absolute Gasteiger partial charge is 0.196 e. The molecule has 0 atom stereocenters. The van der Waals surface area contributed by atoms with Crippen molar-refractivity contribution in [2.45, 2.75) is 18.8 Å². The van der Waals surface area contributed by atoms with Crippen LogP contribution in [0.3, 0.4) is 0 Å². The number of nitrogens with zero attached hydrogens (tertiary/aromatic N) is 3. The third-order valence-electron chi connectivity index (χ3n) is 3.97. The van der Waals surface area contributed by atoms with Crippen molar-refractivity contribution in [1.82, 2.24) is 15.4 Å². The molecule has 0 unspecified atom stereocenters. The maximum atomic E-state index is 13.1. The molecule has 1 heterocycles. The van der Waals surface area contributed by atoms with Crippen molar-refractivity contribution in [3.63, 3.8) is 0 Å². The molecule has 0 spiro atoms. The Hall–Kier alpha value is -3.35. The Kier molecular flexibility index (Phi) is 4.85. The third kappa shape index (κ3) is 3.98. The fourth-order valence-corrected chi connectivity index (χ4v) is 2.74. The molecule has 1 N–H and O–H groups in total. The Labute approximate surface area is 154 Å². The Balaban J connectivity index is 2.09. The van der Waals surface area contributed by atoms with E-state index in [1.165, 1.54) is 0 Å². The number of nitrogens with one attached hydrogen (secondary N) is 1. The van der Waals surface area contributed by atoms with Gasteiger partial charge < -0.3 is 0 Å². The summed E-state index contributed by atoms with van der Waals surface area (Å²) >= 11 is 0. The van der Waals surface area contributed by atoms with E-state index in [0.717, 1.165) is 0 Å². The zero-order valence-corrected chi connectivity index (χ0v) is 13.9. The van der Waals surface area contributed by atoms with Crippen LogP contribution in [0.2, 0.25) is 0 Å². The van der Waals surface area contributed by atoms with Gasteiger partial charge in [0.1, 0.15) is 11.8 Å². The SMILES string of the molecule is N#Cc1n[nH]nc1-c1ccccc1Cc1cc(C(F)(F)F)cc(C(F)(F)F)c1. The van der Waals surface area contributed by atoms with E-state index in [9.17, 15) is 26.3 Å². The number of hydrogen-bond donors (Lipinski definition) is 1. The maximum Gasteiger partial charge on any atom is 0.416 e. The summed E-state index contributed by atoms with van der Waals surface area (Å²) in [6.45, 7) is 0. The van der Waals surface area contributed by atoms with Crippen LogP contribution >= 0.6 is 0 Å². The molecule has 2 aromatic carbocycles. The lowest BCUT2D eigenvalue weighted by Gasteiger charge is -2.15.